The highest BCUT2D eigenvalue weighted by Crippen LogP contribution is 2.50. The molecule has 1 saturated carbocycles. The molecule has 1 aromatic heterocycles. The van der Waals surface area contributed by atoms with Gasteiger partial charge in [-0.2, -0.15) is 0 Å². The molecule has 11 heavy (non-hydrogen) atoms. The van der Waals surface area contributed by atoms with E-state index in [4.69, 9.17) is 10.2 Å². The molecule has 0 saturated heterocycles. The lowest BCUT2D eigenvalue weighted by Crippen LogP contribution is -2.31. The van der Waals surface area contributed by atoms with Crippen molar-refractivity contribution in [2.45, 2.75) is 31.2 Å². The molecule has 2 rings (SSSR count). The Morgan fingerprint density at radius 3 is 2.73 bits per heavy atom. The van der Waals surface area contributed by atoms with Crippen molar-refractivity contribution >= 4 is 0 Å². The lowest BCUT2D eigenvalue weighted by molar-refractivity contribution is 0.414. The van der Waals surface area contributed by atoms with Gasteiger partial charge in [-0.1, -0.05) is 0 Å². The van der Waals surface area contributed by atoms with Gasteiger partial charge in [-0.15, -0.1) is 0 Å². The van der Waals surface area contributed by atoms with Crippen LogP contribution in [0.3, 0.4) is 0 Å². The zero-order chi connectivity index (χ0) is 7.90. The minimum absolute atomic E-state index is 0.184. The van der Waals surface area contributed by atoms with Crippen LogP contribution in [-0.2, 0) is 5.41 Å². The third kappa shape index (κ3) is 0.897. The van der Waals surface area contributed by atoms with Gasteiger partial charge in [-0.25, -0.2) is 0 Å². The number of hydrogen-bond donors (Lipinski definition) is 1. The van der Waals surface area contributed by atoms with Crippen molar-refractivity contribution in [3.05, 3.63) is 24.2 Å². The zero-order valence-electron chi connectivity index (χ0n) is 6.71. The predicted molar refractivity (Wildman–Crippen MR) is 43.3 cm³/mol. The van der Waals surface area contributed by atoms with E-state index in [0.29, 0.717) is 0 Å². The number of rotatable bonds is 2. The number of furan rings is 1. The Bertz CT molecular complexity index is 234. The van der Waals surface area contributed by atoms with E-state index < -0.39 is 0 Å². The Hall–Kier alpha value is -0.760. The lowest BCUT2D eigenvalue weighted by atomic mass is 9.96. The summed E-state index contributed by atoms with van der Waals surface area (Å²) >= 11 is 0. The molecule has 0 radical (unpaired) electrons. The summed E-state index contributed by atoms with van der Waals surface area (Å²) in [6, 6.07) is 4.17. The lowest BCUT2D eigenvalue weighted by Gasteiger charge is -2.15. The SMILES string of the molecule is CC(N)C1(c2ccco2)CC1. The van der Waals surface area contributed by atoms with E-state index in [0.717, 1.165) is 5.76 Å². The van der Waals surface area contributed by atoms with Gasteiger partial charge >= 0.3 is 0 Å². The van der Waals surface area contributed by atoms with E-state index >= 15 is 0 Å². The number of nitrogens with two attached hydrogens (primary N) is 1. The average Bonchev–Trinajstić information content (AvgIpc) is 2.61. The molecule has 60 valence electrons. The quantitative estimate of drug-likeness (QED) is 0.698. The summed E-state index contributed by atoms with van der Waals surface area (Å²) in [6.07, 6.45) is 4.08. The first-order valence-electron chi connectivity index (χ1n) is 4.05. The molecule has 0 spiro atoms. The third-order valence-electron chi connectivity index (χ3n) is 2.67. The fourth-order valence-corrected chi connectivity index (χ4v) is 1.62. The van der Waals surface area contributed by atoms with Crippen LogP contribution < -0.4 is 5.73 Å². The van der Waals surface area contributed by atoms with Crippen LogP contribution in [0, 0.1) is 0 Å². The van der Waals surface area contributed by atoms with E-state index in [1.807, 2.05) is 12.1 Å². The van der Waals surface area contributed by atoms with Crippen molar-refractivity contribution in [2.75, 3.05) is 0 Å². The van der Waals surface area contributed by atoms with E-state index in [-0.39, 0.29) is 11.5 Å². The average molecular weight is 151 g/mol. The van der Waals surface area contributed by atoms with Crippen LogP contribution in [0.15, 0.2) is 22.8 Å². The van der Waals surface area contributed by atoms with Gasteiger partial charge in [0.2, 0.25) is 0 Å². The van der Waals surface area contributed by atoms with Gasteiger partial charge in [0.1, 0.15) is 5.76 Å². The molecule has 1 aliphatic rings. The summed E-state index contributed by atoms with van der Waals surface area (Å²) in [4.78, 5) is 0. The fraction of sp³-hybridized carbons (Fsp3) is 0.556. The van der Waals surface area contributed by atoms with Crippen LogP contribution in [0.2, 0.25) is 0 Å². The minimum atomic E-state index is 0.184. The van der Waals surface area contributed by atoms with Gasteiger partial charge < -0.3 is 10.2 Å². The summed E-state index contributed by atoms with van der Waals surface area (Å²) in [6.45, 7) is 2.05. The molecule has 0 amide bonds. The molecular weight excluding hydrogens is 138 g/mol. The topological polar surface area (TPSA) is 39.2 Å². The first-order chi connectivity index (χ1) is 5.26. The zero-order valence-corrected chi connectivity index (χ0v) is 6.71. The monoisotopic (exact) mass is 151 g/mol. The van der Waals surface area contributed by atoms with Crippen LogP contribution in [0.5, 0.6) is 0 Å². The molecule has 1 fully saturated rings. The first kappa shape index (κ1) is 6.92. The normalized spacial score (nSPS) is 23.1. The summed E-state index contributed by atoms with van der Waals surface area (Å²) in [5, 5.41) is 0. The third-order valence-corrected chi connectivity index (χ3v) is 2.67. The van der Waals surface area contributed by atoms with Crippen molar-refractivity contribution in [3.8, 4) is 0 Å². The molecule has 1 aromatic rings. The summed E-state index contributed by atoms with van der Waals surface area (Å²) in [5.74, 6) is 1.06. The van der Waals surface area contributed by atoms with Gasteiger partial charge in [0.25, 0.3) is 0 Å². The minimum Gasteiger partial charge on any atom is -0.469 e. The van der Waals surface area contributed by atoms with E-state index in [1.54, 1.807) is 6.26 Å². The highest BCUT2D eigenvalue weighted by molar-refractivity contribution is 5.24. The van der Waals surface area contributed by atoms with Crippen LogP contribution >= 0.6 is 0 Å². The van der Waals surface area contributed by atoms with E-state index in [2.05, 4.69) is 6.92 Å². The molecule has 2 N–H and O–H groups in total. The van der Waals surface area contributed by atoms with Gasteiger partial charge in [-0.05, 0) is 31.9 Å². The van der Waals surface area contributed by atoms with Crippen molar-refractivity contribution in [1.29, 1.82) is 0 Å². The Morgan fingerprint density at radius 2 is 2.36 bits per heavy atom. The molecule has 0 aliphatic heterocycles. The maximum absolute atomic E-state index is 5.86. The molecular formula is C9H13NO. The van der Waals surface area contributed by atoms with Gasteiger partial charge in [-0.3, -0.25) is 0 Å². The second-order valence-electron chi connectivity index (χ2n) is 3.42. The maximum Gasteiger partial charge on any atom is 0.111 e. The van der Waals surface area contributed by atoms with Gasteiger partial charge in [0.05, 0.1) is 6.26 Å². The molecule has 1 unspecified atom stereocenters. The van der Waals surface area contributed by atoms with Crippen LogP contribution in [0.1, 0.15) is 25.5 Å². The standard InChI is InChI=1S/C9H13NO/c1-7(10)9(4-5-9)8-3-2-6-11-8/h2-3,6-7H,4-5,10H2,1H3. The van der Waals surface area contributed by atoms with Crippen molar-refractivity contribution < 1.29 is 4.42 Å². The molecule has 2 heteroatoms. The van der Waals surface area contributed by atoms with Crippen LogP contribution in [0.4, 0.5) is 0 Å². The largest absolute Gasteiger partial charge is 0.469 e. The van der Waals surface area contributed by atoms with Crippen molar-refractivity contribution in [1.82, 2.24) is 0 Å². The Labute approximate surface area is 66.4 Å². The summed E-state index contributed by atoms with van der Waals surface area (Å²) in [7, 11) is 0. The van der Waals surface area contributed by atoms with Gasteiger partial charge in [0.15, 0.2) is 0 Å². The molecule has 2 nitrogen and oxygen atoms in total. The predicted octanol–water partition coefficient (Wildman–Crippen LogP) is 1.66. The number of hydrogen-bond acceptors (Lipinski definition) is 2. The smallest absolute Gasteiger partial charge is 0.111 e. The van der Waals surface area contributed by atoms with Crippen LogP contribution in [-0.4, -0.2) is 6.04 Å². The summed E-state index contributed by atoms with van der Waals surface area (Å²) in [5.41, 5.74) is 6.05. The summed E-state index contributed by atoms with van der Waals surface area (Å²) < 4.78 is 5.34. The van der Waals surface area contributed by atoms with E-state index in [9.17, 15) is 0 Å². The second-order valence-corrected chi connectivity index (χ2v) is 3.42. The second kappa shape index (κ2) is 2.11. The van der Waals surface area contributed by atoms with Crippen molar-refractivity contribution in [2.24, 2.45) is 5.73 Å². The van der Waals surface area contributed by atoms with Gasteiger partial charge in [0, 0.05) is 11.5 Å². The highest BCUT2D eigenvalue weighted by Gasteiger charge is 2.49. The molecule has 1 atom stereocenters. The Balaban J connectivity index is 2.29. The van der Waals surface area contributed by atoms with E-state index in [1.165, 1.54) is 12.8 Å². The highest BCUT2D eigenvalue weighted by atomic mass is 16.3. The first-order valence-corrected chi connectivity index (χ1v) is 4.05. The Kier molecular flexibility index (Phi) is 1.33. The van der Waals surface area contributed by atoms with Crippen molar-refractivity contribution in [3.63, 3.8) is 0 Å². The maximum atomic E-state index is 5.86. The fourth-order valence-electron chi connectivity index (χ4n) is 1.62. The molecule has 0 bridgehead atoms. The molecule has 1 heterocycles. The van der Waals surface area contributed by atoms with Crippen LogP contribution in [0.25, 0.3) is 0 Å². The Morgan fingerprint density at radius 1 is 1.64 bits per heavy atom. The molecule has 0 aromatic carbocycles. The molecule has 1 aliphatic carbocycles.